The number of benzene rings is 3. The van der Waals surface area contributed by atoms with Gasteiger partial charge >= 0.3 is 17.9 Å². The number of esters is 2. The van der Waals surface area contributed by atoms with Crippen LogP contribution in [-0.2, 0) is 19.1 Å². The zero-order valence-corrected chi connectivity index (χ0v) is 20.9. The van der Waals surface area contributed by atoms with Gasteiger partial charge in [-0.1, -0.05) is 70.7 Å². The van der Waals surface area contributed by atoms with Crippen molar-refractivity contribution < 1.29 is 33.8 Å². The third-order valence-corrected chi connectivity index (χ3v) is 5.66. The summed E-state index contributed by atoms with van der Waals surface area (Å²) in [6, 6.07) is 15.5. The van der Waals surface area contributed by atoms with Crippen LogP contribution in [-0.4, -0.2) is 41.1 Å². The number of carbonyl (C=O) groups is 4. The highest BCUT2D eigenvalue weighted by molar-refractivity contribution is 6.35. The lowest BCUT2D eigenvalue weighted by Gasteiger charge is -2.24. The molecule has 3 rings (SSSR count). The second-order valence-corrected chi connectivity index (χ2v) is 8.78. The largest absolute Gasteiger partial charge is 0.478 e. The van der Waals surface area contributed by atoms with Crippen molar-refractivity contribution in [3.8, 4) is 0 Å². The van der Waals surface area contributed by atoms with Gasteiger partial charge in [0.25, 0.3) is 5.91 Å². The van der Waals surface area contributed by atoms with Crippen LogP contribution < -0.4 is 5.32 Å². The minimum Gasteiger partial charge on any atom is -0.478 e. The maximum absolute atomic E-state index is 13.1. The molecule has 2 atom stereocenters. The average Bonchev–Trinajstić information content (AvgIpc) is 2.80. The summed E-state index contributed by atoms with van der Waals surface area (Å²) in [5.41, 5.74) is -0.245. The zero-order valence-electron chi connectivity index (χ0n) is 17.9. The van der Waals surface area contributed by atoms with E-state index in [4.69, 9.17) is 55.9 Å². The Kier molecular flexibility index (Phi) is 9.17. The number of nitrogens with one attached hydrogen (secondary N) is 1. The molecule has 1 amide bonds. The Morgan fingerprint density at radius 1 is 0.694 bits per heavy atom. The van der Waals surface area contributed by atoms with Crippen molar-refractivity contribution in [1.82, 2.24) is 0 Å². The van der Waals surface area contributed by atoms with Gasteiger partial charge in [0.2, 0.25) is 12.2 Å². The Hall–Kier alpha value is -3.30. The van der Waals surface area contributed by atoms with Gasteiger partial charge in [-0.2, -0.15) is 0 Å². The van der Waals surface area contributed by atoms with E-state index in [-0.39, 0.29) is 36.9 Å². The molecule has 0 bridgehead atoms. The van der Waals surface area contributed by atoms with Crippen LogP contribution in [0.3, 0.4) is 0 Å². The zero-order chi connectivity index (χ0) is 26.4. The molecular formula is C24H15Cl4NO7. The van der Waals surface area contributed by atoms with Gasteiger partial charge in [0.05, 0.1) is 21.2 Å². The van der Waals surface area contributed by atoms with Crippen LogP contribution in [0.2, 0.25) is 20.1 Å². The van der Waals surface area contributed by atoms with E-state index >= 15 is 0 Å². The molecule has 36 heavy (non-hydrogen) atoms. The van der Waals surface area contributed by atoms with Crippen LogP contribution in [0.15, 0.2) is 66.7 Å². The lowest BCUT2D eigenvalue weighted by Crippen LogP contribution is -2.48. The summed E-state index contributed by atoms with van der Waals surface area (Å²) in [5, 5.41) is 12.5. The molecule has 0 aliphatic rings. The molecule has 3 aromatic rings. The molecule has 2 N–H and O–H groups in total. The number of ether oxygens (including phenoxy) is 2. The Morgan fingerprint density at radius 2 is 1.14 bits per heavy atom. The van der Waals surface area contributed by atoms with Crippen molar-refractivity contribution in [2.24, 2.45) is 0 Å². The predicted molar refractivity (Wildman–Crippen MR) is 134 cm³/mol. The number of rotatable bonds is 8. The highest BCUT2D eigenvalue weighted by atomic mass is 35.5. The Balaban J connectivity index is 1.96. The van der Waals surface area contributed by atoms with Crippen molar-refractivity contribution in [3.63, 3.8) is 0 Å². The van der Waals surface area contributed by atoms with E-state index in [9.17, 15) is 24.3 Å². The normalized spacial score (nSPS) is 12.2. The Labute approximate surface area is 224 Å². The predicted octanol–water partition coefficient (Wildman–Crippen LogP) is 5.77. The van der Waals surface area contributed by atoms with E-state index in [1.165, 1.54) is 54.6 Å². The van der Waals surface area contributed by atoms with Gasteiger partial charge in [-0.05, 0) is 42.5 Å². The van der Waals surface area contributed by atoms with E-state index < -0.39 is 36.0 Å². The highest BCUT2D eigenvalue weighted by Crippen LogP contribution is 2.25. The number of carboxylic acid groups (broad SMARTS) is 1. The van der Waals surface area contributed by atoms with Gasteiger partial charge in [0.15, 0.2) is 0 Å². The maximum Gasteiger partial charge on any atom is 0.349 e. The molecule has 3 aromatic carbocycles. The van der Waals surface area contributed by atoms with Crippen LogP contribution in [0, 0.1) is 0 Å². The van der Waals surface area contributed by atoms with Crippen molar-refractivity contribution >= 4 is 75.9 Å². The van der Waals surface area contributed by atoms with Gasteiger partial charge in [-0.25, -0.2) is 14.4 Å². The third kappa shape index (κ3) is 6.89. The van der Waals surface area contributed by atoms with Gasteiger partial charge < -0.3 is 19.9 Å². The number of hydrogen-bond donors (Lipinski definition) is 2. The van der Waals surface area contributed by atoms with Crippen LogP contribution in [0.5, 0.6) is 0 Å². The standard InChI is InChI=1S/C24H15Cl4NO7/c25-12-9-13(26)11-14(10-12)29-21(30)19(35-23(33)15-5-1-3-7-17(15)27)20(22(31)32)36-24(34)16-6-2-4-8-18(16)28/h1-11,19-20H,(H,29,30)(H,31,32)/t19-,20+/m0/s1. The van der Waals surface area contributed by atoms with Crippen molar-refractivity contribution in [3.05, 3.63) is 97.9 Å². The first-order chi connectivity index (χ1) is 17.1. The van der Waals surface area contributed by atoms with E-state index in [0.29, 0.717) is 0 Å². The topological polar surface area (TPSA) is 119 Å². The fraction of sp³-hybridized carbons (Fsp3) is 0.0833. The summed E-state index contributed by atoms with van der Waals surface area (Å²) in [5.74, 6) is -5.21. The molecule has 0 aliphatic carbocycles. The number of aliphatic carboxylic acids is 1. The van der Waals surface area contributed by atoms with Gasteiger partial charge in [0.1, 0.15) is 0 Å². The molecular weight excluding hydrogens is 556 g/mol. The van der Waals surface area contributed by atoms with Gasteiger partial charge in [-0.15, -0.1) is 0 Å². The molecule has 0 spiro atoms. The second-order valence-electron chi connectivity index (χ2n) is 7.10. The lowest BCUT2D eigenvalue weighted by molar-refractivity contribution is -0.157. The van der Waals surface area contributed by atoms with E-state index in [1.807, 2.05) is 0 Å². The molecule has 0 aromatic heterocycles. The summed E-state index contributed by atoms with van der Waals surface area (Å²) in [6.45, 7) is 0. The summed E-state index contributed by atoms with van der Waals surface area (Å²) >= 11 is 23.9. The maximum atomic E-state index is 13.1. The fourth-order valence-corrected chi connectivity index (χ4v) is 3.90. The first-order valence-corrected chi connectivity index (χ1v) is 11.5. The minimum absolute atomic E-state index is 0.0109. The SMILES string of the molecule is O=C(O[C@H](C(=O)Nc1cc(Cl)cc(Cl)c1)[C@@H](OC(=O)c1ccccc1Cl)C(=O)O)c1ccccc1Cl. The van der Waals surface area contributed by atoms with E-state index in [2.05, 4.69) is 5.32 Å². The smallest absolute Gasteiger partial charge is 0.349 e. The molecule has 0 heterocycles. The van der Waals surface area contributed by atoms with Crippen LogP contribution in [0.25, 0.3) is 0 Å². The molecule has 0 unspecified atom stereocenters. The number of amides is 1. The third-order valence-electron chi connectivity index (χ3n) is 4.56. The first kappa shape index (κ1) is 27.3. The second kappa shape index (κ2) is 12.1. The number of anilines is 1. The Bertz CT molecular complexity index is 1310. The number of carboxylic acids is 1. The van der Waals surface area contributed by atoms with Crippen LogP contribution in [0.4, 0.5) is 5.69 Å². The van der Waals surface area contributed by atoms with E-state index in [0.717, 1.165) is 0 Å². The number of carbonyl (C=O) groups excluding carboxylic acids is 3. The molecule has 0 radical (unpaired) electrons. The first-order valence-electron chi connectivity index (χ1n) is 9.97. The van der Waals surface area contributed by atoms with Gasteiger partial charge in [0, 0.05) is 15.7 Å². The summed E-state index contributed by atoms with van der Waals surface area (Å²) in [6.07, 6.45) is -4.43. The van der Waals surface area contributed by atoms with Crippen molar-refractivity contribution in [2.45, 2.75) is 12.2 Å². The molecule has 0 fully saturated rings. The van der Waals surface area contributed by atoms with Crippen molar-refractivity contribution in [2.75, 3.05) is 5.32 Å². The van der Waals surface area contributed by atoms with Crippen LogP contribution >= 0.6 is 46.4 Å². The fourth-order valence-electron chi connectivity index (χ4n) is 2.94. The molecule has 0 saturated carbocycles. The highest BCUT2D eigenvalue weighted by Gasteiger charge is 2.41. The number of halogens is 4. The van der Waals surface area contributed by atoms with Crippen LogP contribution in [0.1, 0.15) is 20.7 Å². The number of hydrogen-bond acceptors (Lipinski definition) is 6. The summed E-state index contributed by atoms with van der Waals surface area (Å²) in [4.78, 5) is 50.7. The Morgan fingerprint density at radius 3 is 1.58 bits per heavy atom. The van der Waals surface area contributed by atoms with Gasteiger partial charge in [-0.3, -0.25) is 4.79 Å². The molecule has 8 nitrogen and oxygen atoms in total. The molecule has 12 heteroatoms. The lowest BCUT2D eigenvalue weighted by atomic mass is 10.1. The quantitative estimate of drug-likeness (QED) is 0.330. The minimum atomic E-state index is -2.27. The average molecular weight is 571 g/mol. The molecule has 186 valence electrons. The molecule has 0 aliphatic heterocycles. The summed E-state index contributed by atoms with van der Waals surface area (Å²) in [7, 11) is 0. The molecule has 0 saturated heterocycles. The monoisotopic (exact) mass is 569 g/mol. The van der Waals surface area contributed by atoms with E-state index in [1.54, 1.807) is 12.1 Å². The van der Waals surface area contributed by atoms with Crippen molar-refractivity contribution in [1.29, 1.82) is 0 Å². The summed E-state index contributed by atoms with van der Waals surface area (Å²) < 4.78 is 10.3.